The molecule has 0 aromatic heterocycles. The molecule has 0 atom stereocenters. The molecule has 0 radical (unpaired) electrons. The van der Waals surface area contributed by atoms with Crippen LogP contribution in [0.1, 0.15) is 12.8 Å². The van der Waals surface area contributed by atoms with E-state index in [1.807, 2.05) is 18.2 Å². The molecule has 110 valence electrons. The van der Waals surface area contributed by atoms with Crippen molar-refractivity contribution in [2.24, 2.45) is 0 Å². The van der Waals surface area contributed by atoms with Gasteiger partial charge in [-0.15, -0.1) is 11.8 Å². The van der Waals surface area contributed by atoms with Crippen LogP contribution in [-0.4, -0.2) is 11.7 Å². The van der Waals surface area contributed by atoms with Crippen molar-refractivity contribution in [3.8, 4) is 0 Å². The third-order valence-corrected chi connectivity index (χ3v) is 3.93. The number of hydrogen-bond acceptors (Lipinski definition) is 3. The quantitative estimate of drug-likeness (QED) is 0.483. The lowest BCUT2D eigenvalue weighted by Crippen LogP contribution is -2.12. The monoisotopic (exact) mass is 304 g/mol. The zero-order valence-corrected chi connectivity index (χ0v) is 12.3. The van der Waals surface area contributed by atoms with Gasteiger partial charge in [0.15, 0.2) is 0 Å². The van der Waals surface area contributed by atoms with Crippen molar-refractivity contribution in [2.75, 3.05) is 16.8 Å². The first-order valence-corrected chi connectivity index (χ1v) is 7.66. The maximum Gasteiger partial charge on any atom is 0.224 e. The van der Waals surface area contributed by atoms with Crippen molar-refractivity contribution < 1.29 is 9.18 Å². The summed E-state index contributed by atoms with van der Waals surface area (Å²) in [5, 5.41) is 2.78. The lowest BCUT2D eigenvalue weighted by atomic mass is 10.2. The van der Waals surface area contributed by atoms with Crippen LogP contribution in [0, 0.1) is 5.82 Å². The van der Waals surface area contributed by atoms with E-state index >= 15 is 0 Å². The van der Waals surface area contributed by atoms with E-state index in [4.69, 9.17) is 5.73 Å². The predicted octanol–water partition coefficient (Wildman–Crippen LogP) is 3.92. The van der Waals surface area contributed by atoms with E-state index in [9.17, 15) is 9.18 Å². The number of benzene rings is 2. The molecular weight excluding hydrogens is 287 g/mol. The van der Waals surface area contributed by atoms with Gasteiger partial charge >= 0.3 is 0 Å². The molecule has 0 spiro atoms. The Bertz CT molecular complexity index is 619. The molecule has 0 saturated heterocycles. The highest BCUT2D eigenvalue weighted by Gasteiger charge is 2.05. The standard InChI is InChI=1S/C16H17FN2OS/c17-12-5-3-6-13(11-12)21-10-4-9-16(20)19-15-8-2-1-7-14(15)18/h1-3,5-8,11H,4,9-10,18H2,(H,19,20). The first kappa shape index (κ1) is 15.4. The van der Waals surface area contributed by atoms with Gasteiger partial charge in [0, 0.05) is 11.3 Å². The van der Waals surface area contributed by atoms with Crippen molar-refractivity contribution in [1.82, 2.24) is 0 Å². The molecule has 0 heterocycles. The van der Waals surface area contributed by atoms with Gasteiger partial charge in [0.05, 0.1) is 11.4 Å². The molecular formula is C16H17FN2OS. The third-order valence-electron chi connectivity index (χ3n) is 2.85. The number of hydrogen-bond donors (Lipinski definition) is 2. The van der Waals surface area contributed by atoms with Crippen LogP contribution in [0.2, 0.25) is 0 Å². The number of nitrogens with two attached hydrogens (primary N) is 1. The van der Waals surface area contributed by atoms with Crippen molar-refractivity contribution in [1.29, 1.82) is 0 Å². The molecule has 3 nitrogen and oxygen atoms in total. The summed E-state index contributed by atoms with van der Waals surface area (Å²) in [5.74, 6) is 0.464. The van der Waals surface area contributed by atoms with E-state index in [1.54, 1.807) is 30.0 Å². The Labute approximate surface area is 127 Å². The molecule has 2 aromatic carbocycles. The number of para-hydroxylation sites is 2. The third kappa shape index (κ3) is 5.11. The molecule has 0 aliphatic heterocycles. The van der Waals surface area contributed by atoms with Crippen LogP contribution in [0.25, 0.3) is 0 Å². The molecule has 0 aliphatic carbocycles. The maximum atomic E-state index is 13.0. The Balaban J connectivity index is 1.71. The van der Waals surface area contributed by atoms with Crippen LogP contribution in [0.4, 0.5) is 15.8 Å². The van der Waals surface area contributed by atoms with Crippen LogP contribution < -0.4 is 11.1 Å². The van der Waals surface area contributed by atoms with Crippen molar-refractivity contribution in [2.45, 2.75) is 17.7 Å². The van der Waals surface area contributed by atoms with Gasteiger partial charge in [-0.1, -0.05) is 18.2 Å². The summed E-state index contributed by atoms with van der Waals surface area (Å²) in [4.78, 5) is 12.7. The number of anilines is 2. The molecule has 0 aliphatic rings. The average Bonchev–Trinajstić information content (AvgIpc) is 2.46. The molecule has 0 fully saturated rings. The second-order valence-electron chi connectivity index (χ2n) is 4.54. The number of carbonyl (C=O) groups is 1. The van der Waals surface area contributed by atoms with Crippen LogP contribution in [0.5, 0.6) is 0 Å². The van der Waals surface area contributed by atoms with Crippen molar-refractivity contribution in [3.63, 3.8) is 0 Å². The topological polar surface area (TPSA) is 55.1 Å². The fourth-order valence-corrected chi connectivity index (χ4v) is 2.70. The van der Waals surface area contributed by atoms with Crippen LogP contribution in [0.15, 0.2) is 53.4 Å². The Hall–Kier alpha value is -2.01. The molecule has 0 bridgehead atoms. The number of thioether (sulfide) groups is 1. The lowest BCUT2D eigenvalue weighted by Gasteiger charge is -2.07. The van der Waals surface area contributed by atoms with Gasteiger partial charge < -0.3 is 11.1 Å². The minimum absolute atomic E-state index is 0.0623. The Morgan fingerprint density at radius 3 is 2.76 bits per heavy atom. The van der Waals surface area contributed by atoms with Gasteiger partial charge in [-0.3, -0.25) is 4.79 Å². The SMILES string of the molecule is Nc1ccccc1NC(=O)CCCSc1cccc(F)c1. The zero-order chi connectivity index (χ0) is 15.1. The number of rotatable bonds is 6. The Morgan fingerprint density at radius 2 is 2.00 bits per heavy atom. The second-order valence-corrected chi connectivity index (χ2v) is 5.71. The highest BCUT2D eigenvalue weighted by atomic mass is 32.2. The summed E-state index contributed by atoms with van der Waals surface area (Å²) in [6, 6.07) is 13.6. The van der Waals surface area contributed by atoms with E-state index < -0.39 is 0 Å². The minimum atomic E-state index is -0.239. The summed E-state index contributed by atoms with van der Waals surface area (Å²) >= 11 is 1.54. The molecule has 2 aromatic rings. The van der Waals surface area contributed by atoms with E-state index in [-0.39, 0.29) is 11.7 Å². The van der Waals surface area contributed by atoms with Crippen LogP contribution in [-0.2, 0) is 4.79 Å². The fraction of sp³-hybridized carbons (Fsp3) is 0.188. The predicted molar refractivity (Wildman–Crippen MR) is 85.8 cm³/mol. The van der Waals surface area contributed by atoms with Gasteiger partial charge in [0.2, 0.25) is 5.91 Å². The maximum absolute atomic E-state index is 13.0. The highest BCUT2D eigenvalue weighted by Crippen LogP contribution is 2.21. The number of nitrogens with one attached hydrogen (secondary N) is 1. The summed E-state index contributed by atoms with van der Waals surface area (Å²) in [7, 11) is 0. The fourth-order valence-electron chi connectivity index (χ4n) is 1.80. The number of halogens is 1. The van der Waals surface area contributed by atoms with E-state index in [1.165, 1.54) is 12.1 Å². The smallest absolute Gasteiger partial charge is 0.224 e. The summed E-state index contributed by atoms with van der Waals surface area (Å²) in [5.41, 5.74) is 6.95. The second kappa shape index (κ2) is 7.69. The Kier molecular flexibility index (Phi) is 5.63. The van der Waals surface area contributed by atoms with Gasteiger partial charge in [0.1, 0.15) is 5.82 Å². The number of carbonyl (C=O) groups excluding carboxylic acids is 1. The van der Waals surface area contributed by atoms with Gasteiger partial charge in [0.25, 0.3) is 0 Å². The Morgan fingerprint density at radius 1 is 1.19 bits per heavy atom. The van der Waals surface area contributed by atoms with Gasteiger partial charge in [-0.2, -0.15) is 0 Å². The van der Waals surface area contributed by atoms with E-state index in [0.29, 0.717) is 17.8 Å². The normalized spacial score (nSPS) is 10.3. The minimum Gasteiger partial charge on any atom is -0.397 e. The molecule has 2 rings (SSSR count). The average molecular weight is 304 g/mol. The first-order chi connectivity index (χ1) is 10.1. The first-order valence-electron chi connectivity index (χ1n) is 6.68. The lowest BCUT2D eigenvalue weighted by molar-refractivity contribution is -0.116. The van der Waals surface area contributed by atoms with E-state index in [0.717, 1.165) is 17.1 Å². The van der Waals surface area contributed by atoms with Crippen LogP contribution >= 0.6 is 11.8 Å². The summed E-state index contributed by atoms with van der Waals surface area (Å²) in [6.07, 6.45) is 1.14. The molecule has 3 N–H and O–H groups in total. The molecule has 1 amide bonds. The molecule has 0 saturated carbocycles. The molecule has 21 heavy (non-hydrogen) atoms. The van der Waals surface area contributed by atoms with Crippen LogP contribution in [0.3, 0.4) is 0 Å². The van der Waals surface area contributed by atoms with Gasteiger partial charge in [-0.25, -0.2) is 4.39 Å². The molecule has 0 unspecified atom stereocenters. The summed E-state index contributed by atoms with van der Waals surface area (Å²) < 4.78 is 13.0. The molecule has 5 heteroatoms. The number of nitrogen functional groups attached to an aromatic ring is 1. The van der Waals surface area contributed by atoms with Crippen molar-refractivity contribution in [3.05, 3.63) is 54.3 Å². The highest BCUT2D eigenvalue weighted by molar-refractivity contribution is 7.99. The van der Waals surface area contributed by atoms with E-state index in [2.05, 4.69) is 5.32 Å². The zero-order valence-electron chi connectivity index (χ0n) is 11.5. The largest absolute Gasteiger partial charge is 0.397 e. The van der Waals surface area contributed by atoms with Crippen molar-refractivity contribution >= 4 is 29.0 Å². The number of amides is 1. The summed E-state index contributed by atoms with van der Waals surface area (Å²) in [6.45, 7) is 0. The van der Waals surface area contributed by atoms with Gasteiger partial charge in [-0.05, 0) is 42.5 Å².